The summed E-state index contributed by atoms with van der Waals surface area (Å²) < 4.78 is 42.8. The van der Waals surface area contributed by atoms with Crippen LogP contribution in [0.4, 0.5) is 4.79 Å². The van der Waals surface area contributed by atoms with E-state index in [-0.39, 0.29) is 12.2 Å². The van der Waals surface area contributed by atoms with Crippen LogP contribution < -0.4 is 31.2 Å². The molecular formula is C53H70N8O21S. The molecule has 30 heteroatoms. The molecule has 3 saturated heterocycles. The molecule has 3 heterocycles. The molecule has 0 aromatic heterocycles. The molecule has 83 heavy (non-hydrogen) atoms. The molecule has 13 atom stereocenters. The number of amides is 7. The van der Waals surface area contributed by atoms with Crippen molar-refractivity contribution >= 4 is 51.9 Å². The van der Waals surface area contributed by atoms with E-state index in [2.05, 4.69) is 25.5 Å². The fourth-order valence-electron chi connectivity index (χ4n) is 10.8. The average molecular weight is 1190 g/mol. The van der Waals surface area contributed by atoms with Crippen molar-refractivity contribution in [3.63, 3.8) is 0 Å². The Balaban J connectivity index is 1.26. The lowest BCUT2D eigenvalue weighted by molar-refractivity contribution is -0.147. The molecule has 3 fully saturated rings. The summed E-state index contributed by atoms with van der Waals surface area (Å²) in [5.74, 6) is -10.4. The number of nitrogens with zero attached hydrogens (tertiary/aromatic N) is 3. The Kier molecular flexibility index (Phi) is 20.7. The van der Waals surface area contributed by atoms with E-state index < -0.39 is 219 Å². The number of rotatable bonds is 15. The van der Waals surface area contributed by atoms with Crippen molar-refractivity contribution in [2.75, 3.05) is 46.0 Å². The first kappa shape index (κ1) is 63.5. The van der Waals surface area contributed by atoms with Crippen LogP contribution in [0.1, 0.15) is 55.7 Å². The van der Waals surface area contributed by atoms with Gasteiger partial charge in [-0.2, -0.15) is 8.42 Å². The van der Waals surface area contributed by atoms with E-state index in [9.17, 15) is 87.7 Å². The third-order valence-corrected chi connectivity index (χ3v) is 15.6. The van der Waals surface area contributed by atoms with Crippen molar-refractivity contribution in [2.24, 2.45) is 11.7 Å². The molecule has 29 nitrogen and oxygen atoms in total. The fraction of sp³-hybridized carbons (Fsp3) is 0.528. The molecule has 454 valence electrons. The summed E-state index contributed by atoms with van der Waals surface area (Å²) in [6, 6.07) is 4.79. The Morgan fingerprint density at radius 2 is 1.37 bits per heavy atom. The molecular weight excluding hydrogens is 1120 g/mol. The number of hydrogen-bond acceptors (Lipinski definition) is 21. The monoisotopic (exact) mass is 1190 g/mol. The number of carbonyl (C=O) groups is 7. The van der Waals surface area contributed by atoms with Crippen LogP contribution in [0.3, 0.4) is 0 Å². The molecule has 3 aliphatic heterocycles. The van der Waals surface area contributed by atoms with Crippen LogP contribution in [-0.4, -0.2) is 240 Å². The Morgan fingerprint density at radius 1 is 0.771 bits per heavy atom. The van der Waals surface area contributed by atoms with E-state index in [0.29, 0.717) is 0 Å². The first-order valence-electron chi connectivity index (χ1n) is 26.7. The van der Waals surface area contributed by atoms with Crippen molar-refractivity contribution in [1.29, 1.82) is 0 Å². The van der Waals surface area contributed by atoms with Gasteiger partial charge in [0.2, 0.25) is 35.4 Å². The zero-order valence-electron chi connectivity index (χ0n) is 45.1. The summed E-state index contributed by atoms with van der Waals surface area (Å²) in [7, 11) is -5.25. The van der Waals surface area contributed by atoms with Crippen LogP contribution in [0, 0.1) is 5.92 Å². The summed E-state index contributed by atoms with van der Waals surface area (Å²) >= 11 is 0. The number of aliphatic hydroxyl groups is 8. The van der Waals surface area contributed by atoms with Gasteiger partial charge in [0, 0.05) is 50.9 Å². The van der Waals surface area contributed by atoms with E-state index in [1.165, 1.54) is 6.92 Å². The van der Waals surface area contributed by atoms with Crippen molar-refractivity contribution < 1.29 is 101 Å². The van der Waals surface area contributed by atoms with Gasteiger partial charge in [-0.1, -0.05) is 61.5 Å². The fourth-order valence-corrected chi connectivity index (χ4v) is 11.2. The molecule has 7 rings (SSSR count). The predicted molar refractivity (Wildman–Crippen MR) is 286 cm³/mol. The molecule has 0 spiro atoms. The third kappa shape index (κ3) is 14.8. The third-order valence-electron chi connectivity index (χ3n) is 15.2. The Hall–Kier alpha value is -7.10. The van der Waals surface area contributed by atoms with Gasteiger partial charge in [-0.15, -0.1) is 0 Å². The normalized spacial score (nSPS) is 27.0. The maximum Gasteiger partial charge on any atom is 0.446 e. The van der Waals surface area contributed by atoms with E-state index in [1.807, 2.05) is 48.5 Å². The maximum absolute atomic E-state index is 15.1. The molecule has 2 unspecified atom stereocenters. The molecule has 0 radical (unpaired) electrons. The van der Waals surface area contributed by atoms with Gasteiger partial charge >= 0.3 is 16.5 Å². The summed E-state index contributed by atoms with van der Waals surface area (Å²) in [6.07, 6.45) is -14.4. The van der Waals surface area contributed by atoms with Gasteiger partial charge in [-0.05, 0) is 59.7 Å². The van der Waals surface area contributed by atoms with Gasteiger partial charge in [0.15, 0.2) is 11.5 Å². The zero-order valence-corrected chi connectivity index (χ0v) is 45.9. The maximum atomic E-state index is 15.1. The molecule has 4 aliphatic rings. The van der Waals surface area contributed by atoms with Crippen LogP contribution in [0.2, 0.25) is 0 Å². The number of fused-ring (bicyclic) bond motifs is 5. The minimum atomic E-state index is -5.25. The number of nitrogens with two attached hydrogens (primary N) is 1. The van der Waals surface area contributed by atoms with E-state index in [4.69, 9.17) is 10.5 Å². The number of ether oxygens (including phenoxy) is 1. The molecule has 3 aromatic rings. The number of phenols is 1. The highest BCUT2D eigenvalue weighted by Crippen LogP contribution is 2.44. The van der Waals surface area contributed by atoms with Crippen LogP contribution in [0.15, 0.2) is 66.7 Å². The van der Waals surface area contributed by atoms with E-state index >= 15 is 4.79 Å². The summed E-state index contributed by atoms with van der Waals surface area (Å²) in [6.45, 7) is -1.62. The summed E-state index contributed by atoms with van der Waals surface area (Å²) in [4.78, 5) is 103. The number of benzene rings is 3. The second-order valence-corrected chi connectivity index (χ2v) is 22.2. The van der Waals surface area contributed by atoms with Gasteiger partial charge in [0.05, 0.1) is 61.9 Å². The number of β-amino-alcohol motifs (C(OH)–C–C–N with tert-alkyl or cyclic N) is 1. The lowest BCUT2D eigenvalue weighted by Crippen LogP contribution is -2.64. The highest BCUT2D eigenvalue weighted by atomic mass is 32.3. The minimum Gasteiger partial charge on any atom is -0.504 e. The number of hydrogen-bond donors (Lipinski definition) is 15. The molecule has 3 aromatic carbocycles. The highest BCUT2D eigenvalue weighted by molar-refractivity contribution is 7.81. The van der Waals surface area contributed by atoms with Crippen molar-refractivity contribution in [2.45, 2.75) is 124 Å². The first-order chi connectivity index (χ1) is 39.2. The van der Waals surface area contributed by atoms with Crippen molar-refractivity contribution in [1.82, 2.24) is 36.0 Å². The second-order valence-electron chi connectivity index (χ2n) is 21.2. The summed E-state index contributed by atoms with van der Waals surface area (Å²) in [5, 5.41) is 109. The largest absolute Gasteiger partial charge is 0.504 e. The van der Waals surface area contributed by atoms with Crippen molar-refractivity contribution in [3.8, 4) is 22.6 Å². The smallest absolute Gasteiger partial charge is 0.446 e. The zero-order chi connectivity index (χ0) is 60.8. The number of aromatic hydroxyl groups is 1. The van der Waals surface area contributed by atoms with Crippen LogP contribution in [0.25, 0.3) is 11.1 Å². The lowest BCUT2D eigenvalue weighted by Gasteiger charge is -2.35. The Labute approximate surface area is 475 Å². The molecule has 1 aliphatic carbocycles. The van der Waals surface area contributed by atoms with Gasteiger partial charge in [0.1, 0.15) is 36.8 Å². The van der Waals surface area contributed by atoms with Crippen molar-refractivity contribution in [3.05, 3.63) is 83.4 Å². The van der Waals surface area contributed by atoms with Crippen LogP contribution in [-0.2, 0) is 50.3 Å². The topological polar surface area (TPSA) is 458 Å². The van der Waals surface area contributed by atoms with Crippen LogP contribution >= 0.6 is 0 Å². The van der Waals surface area contributed by atoms with Gasteiger partial charge in [-0.3, -0.25) is 33.3 Å². The first-order valence-corrected chi connectivity index (χ1v) is 28.1. The van der Waals surface area contributed by atoms with E-state index in [0.717, 1.165) is 62.1 Å². The second kappa shape index (κ2) is 27.1. The average Bonchev–Trinajstić information content (AvgIpc) is 4.11. The van der Waals surface area contributed by atoms with Crippen LogP contribution in [0.5, 0.6) is 11.5 Å². The predicted octanol–water partition coefficient (Wildman–Crippen LogP) is -4.95. The highest BCUT2D eigenvalue weighted by Gasteiger charge is 2.50. The molecule has 16 N–H and O–H groups in total. The number of carbonyl (C=O) groups excluding carboxylic acids is 7. The Morgan fingerprint density at radius 3 is 1.99 bits per heavy atom. The summed E-state index contributed by atoms with van der Waals surface area (Å²) in [5.41, 5.74) is 9.47. The molecule has 0 bridgehead atoms. The lowest BCUT2D eigenvalue weighted by atomic mass is 9.98. The molecule has 0 saturated carbocycles. The van der Waals surface area contributed by atoms with Gasteiger partial charge in [0.25, 0.3) is 0 Å². The van der Waals surface area contributed by atoms with Gasteiger partial charge < -0.3 is 96.6 Å². The minimum absolute atomic E-state index is 0.137. The van der Waals surface area contributed by atoms with E-state index in [1.54, 1.807) is 0 Å². The molecule has 7 amide bonds. The SMILES string of the molecule is C[C@@H](O)[C@@H]1NC(=O)C(N)C[C@@H](O)CNC(=O)[C@@H]2[C@@H](O)[C@@H](C)CN2C(=O)[C@H]([C@H](O)CCN(C(=O)OCC2c3ccccc3-c3ccccc32)C(CO)CO)NC(=O)[C@H]([C@H](O)Cc2ccc(O)c(OS(=O)(=O)O)c2)NC(=O)C2C[C@@H](O)CN2C1=O. The Bertz CT molecular complexity index is 2940. The number of phenolic OH excluding ortho intramolecular Hbond substituents is 1. The quantitative estimate of drug-likeness (QED) is 0.0634. The van der Waals surface area contributed by atoms with Gasteiger partial charge in [-0.25, -0.2) is 4.79 Å². The number of aliphatic hydroxyl groups excluding tert-OH is 8. The standard InChI is InChI=1S/C53H70N8O21S/c1-25-20-61-45(46(25)70)50(74)55-19-29(65)17-36(54)47(71)56-42(26(2)64)51(75)60-21-30(66)18-37(60)48(72)57-43(40(69)15-27-11-12-38(67)41(16-27)82-83(78,79)80)49(73)58-44(52(61)76)39(68)13-14-59(28(22-62)23-63)53(77)81-24-35-33-9-5-3-7-31(33)32-8-4-6-10-34(32)35/h3-12,16,25-26,28-30,35-37,39-40,42-46,62-70H,13-15,17-24,54H2,1-2H3,(H,55,74)(H,56,71)(H,57,72)(H,58,73)(H,78,79,80)/t25-,26+,29+,30+,36?,37?,39+,40+,42-,43-,44-,45-,46-/m0/s1. The number of nitrogens with one attached hydrogen (secondary N) is 4.